The monoisotopic (exact) mass is 337 g/mol. The molecule has 0 saturated heterocycles. The number of carbonyl (C=O) groups excluding carboxylic acids is 1. The SMILES string of the molecule is Nc1ccc(-c2cccs2)nc1NC(=O)N1Cc2cccnc2C1. The van der Waals surface area contributed by atoms with Crippen molar-refractivity contribution < 1.29 is 4.79 Å². The number of nitrogen functional groups attached to an aromatic ring is 1. The molecule has 3 aromatic rings. The summed E-state index contributed by atoms with van der Waals surface area (Å²) in [5.74, 6) is 0.384. The van der Waals surface area contributed by atoms with Crippen molar-refractivity contribution in [2.45, 2.75) is 13.1 Å². The first-order valence-electron chi connectivity index (χ1n) is 7.50. The first-order valence-corrected chi connectivity index (χ1v) is 8.38. The lowest BCUT2D eigenvalue weighted by atomic mass is 10.2. The molecule has 24 heavy (non-hydrogen) atoms. The van der Waals surface area contributed by atoms with Crippen LogP contribution in [-0.4, -0.2) is 20.9 Å². The number of fused-ring (bicyclic) bond motifs is 1. The third kappa shape index (κ3) is 2.69. The largest absolute Gasteiger partial charge is 0.396 e. The molecule has 4 heterocycles. The second-order valence-electron chi connectivity index (χ2n) is 5.51. The fourth-order valence-corrected chi connectivity index (χ4v) is 3.35. The fraction of sp³-hybridized carbons (Fsp3) is 0.118. The second-order valence-corrected chi connectivity index (χ2v) is 6.45. The molecule has 0 fully saturated rings. The van der Waals surface area contributed by atoms with E-state index in [4.69, 9.17) is 5.73 Å². The number of nitrogens with two attached hydrogens (primary N) is 1. The molecule has 0 aliphatic carbocycles. The van der Waals surface area contributed by atoms with Crippen molar-refractivity contribution >= 4 is 28.9 Å². The molecular formula is C17H15N5OS. The highest BCUT2D eigenvalue weighted by Crippen LogP contribution is 2.27. The third-order valence-electron chi connectivity index (χ3n) is 3.90. The molecule has 0 atom stereocenters. The van der Waals surface area contributed by atoms with Gasteiger partial charge in [0.05, 0.1) is 28.5 Å². The van der Waals surface area contributed by atoms with E-state index in [1.165, 1.54) is 0 Å². The normalized spacial score (nSPS) is 12.9. The van der Waals surface area contributed by atoms with Crippen molar-refractivity contribution in [2.75, 3.05) is 11.1 Å². The van der Waals surface area contributed by atoms with Crippen LogP contribution in [0.1, 0.15) is 11.3 Å². The molecule has 0 aromatic carbocycles. The summed E-state index contributed by atoms with van der Waals surface area (Å²) in [5.41, 5.74) is 9.21. The highest BCUT2D eigenvalue weighted by atomic mass is 32.1. The van der Waals surface area contributed by atoms with Crippen molar-refractivity contribution in [1.82, 2.24) is 14.9 Å². The first kappa shape index (κ1) is 14.6. The van der Waals surface area contributed by atoms with Gasteiger partial charge in [0.15, 0.2) is 5.82 Å². The number of nitrogens with one attached hydrogen (secondary N) is 1. The molecule has 0 bridgehead atoms. The Morgan fingerprint density at radius 1 is 1.21 bits per heavy atom. The summed E-state index contributed by atoms with van der Waals surface area (Å²) < 4.78 is 0. The van der Waals surface area contributed by atoms with Gasteiger partial charge >= 0.3 is 6.03 Å². The molecule has 3 N–H and O–H groups in total. The van der Waals surface area contributed by atoms with E-state index in [0.29, 0.717) is 24.6 Å². The van der Waals surface area contributed by atoms with E-state index < -0.39 is 0 Å². The Balaban J connectivity index is 1.53. The van der Waals surface area contributed by atoms with Crippen LogP contribution < -0.4 is 11.1 Å². The highest BCUT2D eigenvalue weighted by Gasteiger charge is 2.24. The number of hydrogen-bond donors (Lipinski definition) is 2. The van der Waals surface area contributed by atoms with E-state index in [0.717, 1.165) is 21.8 Å². The van der Waals surface area contributed by atoms with Gasteiger partial charge in [-0.3, -0.25) is 10.3 Å². The summed E-state index contributed by atoms with van der Waals surface area (Å²) in [6.07, 6.45) is 1.74. The molecule has 6 nitrogen and oxygen atoms in total. The maximum atomic E-state index is 12.5. The van der Waals surface area contributed by atoms with Crippen LogP contribution in [0, 0.1) is 0 Å². The Morgan fingerprint density at radius 3 is 2.92 bits per heavy atom. The topological polar surface area (TPSA) is 84.1 Å². The minimum Gasteiger partial charge on any atom is -0.396 e. The number of pyridine rings is 2. The first-order chi connectivity index (χ1) is 11.7. The summed E-state index contributed by atoms with van der Waals surface area (Å²) >= 11 is 1.59. The molecule has 2 amide bonds. The predicted octanol–water partition coefficient (Wildman–Crippen LogP) is 3.34. The summed E-state index contributed by atoms with van der Waals surface area (Å²) in [5, 5.41) is 4.80. The Morgan fingerprint density at radius 2 is 2.12 bits per heavy atom. The second kappa shape index (κ2) is 5.93. The van der Waals surface area contributed by atoms with E-state index in [1.807, 2.05) is 35.7 Å². The molecular weight excluding hydrogens is 322 g/mol. The molecule has 1 aliphatic rings. The van der Waals surface area contributed by atoms with Crippen molar-refractivity contribution in [1.29, 1.82) is 0 Å². The van der Waals surface area contributed by atoms with Gasteiger partial charge in [0.25, 0.3) is 0 Å². The molecule has 120 valence electrons. The number of thiophene rings is 1. The smallest absolute Gasteiger partial charge is 0.323 e. The van der Waals surface area contributed by atoms with Gasteiger partial charge < -0.3 is 10.6 Å². The van der Waals surface area contributed by atoms with Crippen LogP contribution in [0.3, 0.4) is 0 Å². The molecule has 7 heteroatoms. The van der Waals surface area contributed by atoms with E-state index >= 15 is 0 Å². The Kier molecular flexibility index (Phi) is 3.62. The van der Waals surface area contributed by atoms with Crippen LogP contribution in [0.15, 0.2) is 48.0 Å². The van der Waals surface area contributed by atoms with Crippen molar-refractivity contribution in [3.63, 3.8) is 0 Å². The lowest BCUT2D eigenvalue weighted by Crippen LogP contribution is -2.31. The minimum absolute atomic E-state index is 0.226. The van der Waals surface area contributed by atoms with Crippen molar-refractivity contribution in [3.05, 3.63) is 59.2 Å². The number of rotatable bonds is 2. The Bertz CT molecular complexity index is 869. The summed E-state index contributed by atoms with van der Waals surface area (Å²) in [6.45, 7) is 1.03. The van der Waals surface area contributed by atoms with E-state index in [-0.39, 0.29) is 6.03 Å². The Hall–Kier alpha value is -2.93. The zero-order chi connectivity index (χ0) is 16.5. The number of amides is 2. The number of anilines is 2. The molecule has 3 aromatic heterocycles. The van der Waals surface area contributed by atoms with Crippen LogP contribution >= 0.6 is 11.3 Å². The van der Waals surface area contributed by atoms with Gasteiger partial charge in [-0.05, 0) is 35.2 Å². The number of urea groups is 1. The van der Waals surface area contributed by atoms with Crippen molar-refractivity contribution in [3.8, 4) is 10.6 Å². The van der Waals surface area contributed by atoms with Gasteiger partial charge in [0, 0.05) is 12.7 Å². The van der Waals surface area contributed by atoms with Gasteiger partial charge in [-0.25, -0.2) is 9.78 Å². The minimum atomic E-state index is -0.226. The molecule has 0 unspecified atom stereocenters. The van der Waals surface area contributed by atoms with E-state index in [9.17, 15) is 4.79 Å². The highest BCUT2D eigenvalue weighted by molar-refractivity contribution is 7.13. The van der Waals surface area contributed by atoms with Gasteiger partial charge in [-0.15, -0.1) is 11.3 Å². The van der Waals surface area contributed by atoms with Crippen LogP contribution in [-0.2, 0) is 13.1 Å². The number of nitrogens with zero attached hydrogens (tertiary/aromatic N) is 3. The molecule has 0 radical (unpaired) electrons. The van der Waals surface area contributed by atoms with Gasteiger partial charge in [0.1, 0.15) is 0 Å². The van der Waals surface area contributed by atoms with E-state index in [1.54, 1.807) is 28.5 Å². The molecule has 1 aliphatic heterocycles. The zero-order valence-corrected chi connectivity index (χ0v) is 13.6. The van der Waals surface area contributed by atoms with Gasteiger partial charge in [-0.2, -0.15) is 0 Å². The standard InChI is InChI=1S/C17H15N5OS/c18-12-5-6-13(15-4-2-8-24-15)20-16(12)21-17(23)22-9-11-3-1-7-19-14(11)10-22/h1-8H,9-10,18H2,(H,20,21,23). The number of carbonyl (C=O) groups is 1. The molecule has 0 saturated carbocycles. The van der Waals surface area contributed by atoms with Crippen LogP contribution in [0.25, 0.3) is 10.6 Å². The maximum Gasteiger partial charge on any atom is 0.323 e. The summed E-state index contributed by atoms with van der Waals surface area (Å²) in [7, 11) is 0. The van der Waals surface area contributed by atoms with Gasteiger partial charge in [0.2, 0.25) is 0 Å². The number of aromatic nitrogens is 2. The predicted molar refractivity (Wildman–Crippen MR) is 94.5 cm³/mol. The average molecular weight is 337 g/mol. The van der Waals surface area contributed by atoms with Crippen LogP contribution in [0.5, 0.6) is 0 Å². The fourth-order valence-electron chi connectivity index (χ4n) is 2.66. The van der Waals surface area contributed by atoms with Crippen molar-refractivity contribution in [2.24, 2.45) is 0 Å². The number of hydrogen-bond acceptors (Lipinski definition) is 5. The molecule has 0 spiro atoms. The molecule has 4 rings (SSSR count). The van der Waals surface area contributed by atoms with Gasteiger partial charge in [-0.1, -0.05) is 12.1 Å². The summed E-state index contributed by atoms with van der Waals surface area (Å²) in [6, 6.07) is 11.2. The quantitative estimate of drug-likeness (QED) is 0.751. The Labute approximate surface area is 143 Å². The lowest BCUT2D eigenvalue weighted by Gasteiger charge is -2.17. The van der Waals surface area contributed by atoms with Crippen LogP contribution in [0.2, 0.25) is 0 Å². The maximum absolute atomic E-state index is 12.5. The van der Waals surface area contributed by atoms with E-state index in [2.05, 4.69) is 15.3 Å². The summed E-state index contributed by atoms with van der Waals surface area (Å²) in [4.78, 5) is 24.0. The zero-order valence-electron chi connectivity index (χ0n) is 12.8. The lowest BCUT2D eigenvalue weighted by molar-refractivity contribution is 0.212. The third-order valence-corrected chi connectivity index (χ3v) is 4.79. The van der Waals surface area contributed by atoms with Crippen LogP contribution in [0.4, 0.5) is 16.3 Å². The average Bonchev–Trinajstić information content (AvgIpc) is 3.26.